The molecule has 2 heterocycles. The molecule has 4 heteroatoms. The fraction of sp³-hybridized carbons (Fsp3) is 0.208. The molecule has 0 aliphatic carbocycles. The molecule has 0 N–H and O–H groups in total. The van der Waals surface area contributed by atoms with Crippen LogP contribution in [0.5, 0.6) is 5.75 Å². The van der Waals surface area contributed by atoms with E-state index in [1.165, 1.54) is 10.8 Å². The van der Waals surface area contributed by atoms with E-state index < -0.39 is 5.60 Å². The van der Waals surface area contributed by atoms with E-state index in [9.17, 15) is 4.79 Å². The van der Waals surface area contributed by atoms with E-state index in [0.29, 0.717) is 6.42 Å². The number of carbonyl (C=O) groups is 1. The molecule has 0 aromatic heterocycles. The second-order valence-electron chi connectivity index (χ2n) is 7.36. The third kappa shape index (κ3) is 2.34. The highest BCUT2D eigenvalue weighted by atomic mass is 16.5. The summed E-state index contributed by atoms with van der Waals surface area (Å²) < 4.78 is 11.7. The second kappa shape index (κ2) is 6.13. The zero-order valence-corrected chi connectivity index (χ0v) is 15.9. The largest absolute Gasteiger partial charge is 0.497 e. The molecule has 1 atom stereocenters. The highest BCUT2D eigenvalue weighted by Gasteiger charge is 2.55. The minimum Gasteiger partial charge on any atom is -0.497 e. The van der Waals surface area contributed by atoms with Gasteiger partial charge in [0, 0.05) is 31.5 Å². The summed E-state index contributed by atoms with van der Waals surface area (Å²) in [5.41, 5.74) is 1.96. The lowest BCUT2D eigenvalue weighted by atomic mass is 9.92. The van der Waals surface area contributed by atoms with Crippen molar-refractivity contribution in [2.24, 2.45) is 0 Å². The molecule has 28 heavy (non-hydrogen) atoms. The molecule has 1 unspecified atom stereocenters. The summed E-state index contributed by atoms with van der Waals surface area (Å²) in [6.45, 7) is 0. The van der Waals surface area contributed by atoms with Crippen molar-refractivity contribution in [3.8, 4) is 5.75 Å². The Morgan fingerprint density at radius 1 is 1.11 bits per heavy atom. The Kier molecular flexibility index (Phi) is 3.69. The Balaban J connectivity index is 1.55. The van der Waals surface area contributed by atoms with Gasteiger partial charge in [-0.3, -0.25) is 4.79 Å². The lowest BCUT2D eigenvalue weighted by molar-refractivity contribution is -0.134. The zero-order valence-electron chi connectivity index (χ0n) is 15.9. The summed E-state index contributed by atoms with van der Waals surface area (Å²) in [7, 11) is 3.43. The molecule has 3 aromatic rings. The first kappa shape index (κ1) is 16.9. The first-order valence-corrected chi connectivity index (χ1v) is 9.46. The Morgan fingerprint density at radius 3 is 2.79 bits per heavy atom. The number of nitrogens with zero attached hydrogens (tertiary/aromatic N) is 1. The average molecular weight is 371 g/mol. The summed E-state index contributed by atoms with van der Waals surface area (Å²) in [5, 5.41) is 2.38. The Morgan fingerprint density at radius 2 is 1.93 bits per heavy atom. The molecule has 140 valence electrons. The maximum absolute atomic E-state index is 13.1. The number of carbonyl (C=O) groups excluding carboxylic acids is 1. The number of amides is 1. The maximum Gasteiger partial charge on any atom is 0.275 e. The van der Waals surface area contributed by atoms with Gasteiger partial charge in [-0.2, -0.15) is 0 Å². The quantitative estimate of drug-likeness (QED) is 0.645. The highest BCUT2D eigenvalue weighted by Crippen LogP contribution is 2.51. The van der Waals surface area contributed by atoms with Gasteiger partial charge >= 0.3 is 0 Å². The van der Waals surface area contributed by atoms with Crippen LogP contribution in [-0.2, 0) is 15.1 Å². The van der Waals surface area contributed by atoms with Crippen molar-refractivity contribution >= 4 is 28.4 Å². The van der Waals surface area contributed by atoms with Gasteiger partial charge in [-0.05, 0) is 34.5 Å². The van der Waals surface area contributed by atoms with Gasteiger partial charge in [0.1, 0.15) is 5.75 Å². The summed E-state index contributed by atoms with van der Waals surface area (Å²) in [6.07, 6.45) is 3.45. The number of hydrogen-bond acceptors (Lipinski definition) is 3. The van der Waals surface area contributed by atoms with Crippen LogP contribution in [0.15, 0.2) is 66.4 Å². The standard InChI is InChI=1S/C24H21NO3/c1-25-22-15-18(27-2)10-11-21(22)24(23(25)26)13-12-19(28-24)14-17-8-5-7-16-6-3-4-9-20(16)17/h3-11,14-15H,12-13H2,1-2H3/b19-14-. The fourth-order valence-corrected chi connectivity index (χ4v) is 4.37. The van der Waals surface area contributed by atoms with Crippen molar-refractivity contribution in [1.82, 2.24) is 0 Å². The molecule has 3 aromatic carbocycles. The average Bonchev–Trinajstić information content (AvgIpc) is 3.24. The van der Waals surface area contributed by atoms with Crippen LogP contribution in [-0.4, -0.2) is 20.1 Å². The maximum atomic E-state index is 13.1. The molecule has 1 saturated heterocycles. The van der Waals surface area contributed by atoms with Gasteiger partial charge in [-0.1, -0.05) is 42.5 Å². The SMILES string of the molecule is COc1ccc2c(c1)N(C)C(=O)C21CC/C(=C/c2cccc3ccccc23)O1. The Hall–Kier alpha value is -3.27. The van der Waals surface area contributed by atoms with Crippen molar-refractivity contribution < 1.29 is 14.3 Å². The lowest BCUT2D eigenvalue weighted by Gasteiger charge is -2.22. The number of fused-ring (bicyclic) bond motifs is 3. The van der Waals surface area contributed by atoms with E-state index in [-0.39, 0.29) is 5.91 Å². The normalized spacial score (nSPS) is 22.1. The van der Waals surface area contributed by atoms with Gasteiger partial charge in [0.05, 0.1) is 18.6 Å². The van der Waals surface area contributed by atoms with Gasteiger partial charge in [-0.25, -0.2) is 0 Å². The van der Waals surface area contributed by atoms with Crippen LogP contribution in [0, 0.1) is 0 Å². The molecule has 0 bridgehead atoms. The molecule has 1 amide bonds. The smallest absolute Gasteiger partial charge is 0.275 e. The summed E-state index contributed by atoms with van der Waals surface area (Å²) in [6, 6.07) is 20.3. The first-order chi connectivity index (χ1) is 13.6. The van der Waals surface area contributed by atoms with Crippen molar-refractivity contribution in [1.29, 1.82) is 0 Å². The van der Waals surface area contributed by atoms with Gasteiger partial charge in [0.15, 0.2) is 0 Å². The van der Waals surface area contributed by atoms with Crippen LogP contribution in [0.25, 0.3) is 16.8 Å². The molecule has 1 fully saturated rings. The molecule has 2 aliphatic rings. The van der Waals surface area contributed by atoms with Gasteiger partial charge in [0.25, 0.3) is 5.91 Å². The molecule has 5 rings (SSSR count). The van der Waals surface area contributed by atoms with E-state index in [2.05, 4.69) is 36.4 Å². The fourth-order valence-electron chi connectivity index (χ4n) is 4.37. The number of hydrogen-bond donors (Lipinski definition) is 0. The van der Waals surface area contributed by atoms with Crippen LogP contribution < -0.4 is 9.64 Å². The Labute approximate surface area is 164 Å². The first-order valence-electron chi connectivity index (χ1n) is 9.46. The van der Waals surface area contributed by atoms with E-state index >= 15 is 0 Å². The molecular weight excluding hydrogens is 350 g/mol. The number of allylic oxidation sites excluding steroid dienone is 1. The third-order valence-electron chi connectivity index (χ3n) is 5.82. The summed E-state index contributed by atoms with van der Waals surface area (Å²) in [5.74, 6) is 1.57. The number of methoxy groups -OCH3 is 1. The molecule has 0 saturated carbocycles. The predicted octanol–water partition coefficient (Wildman–Crippen LogP) is 4.87. The monoisotopic (exact) mass is 371 g/mol. The van der Waals surface area contributed by atoms with Crippen molar-refractivity contribution in [2.45, 2.75) is 18.4 Å². The third-order valence-corrected chi connectivity index (χ3v) is 5.82. The predicted molar refractivity (Wildman–Crippen MR) is 110 cm³/mol. The summed E-state index contributed by atoms with van der Waals surface area (Å²) in [4.78, 5) is 14.8. The van der Waals surface area contributed by atoms with Crippen molar-refractivity contribution in [2.75, 3.05) is 19.1 Å². The van der Waals surface area contributed by atoms with Crippen LogP contribution in [0.3, 0.4) is 0 Å². The second-order valence-corrected chi connectivity index (χ2v) is 7.36. The van der Waals surface area contributed by atoms with E-state index in [0.717, 1.165) is 34.7 Å². The van der Waals surface area contributed by atoms with E-state index in [1.54, 1.807) is 19.1 Å². The molecular formula is C24H21NO3. The molecule has 0 radical (unpaired) electrons. The topological polar surface area (TPSA) is 38.8 Å². The van der Waals surface area contributed by atoms with Gasteiger partial charge in [0.2, 0.25) is 5.60 Å². The van der Waals surface area contributed by atoms with Crippen molar-refractivity contribution in [3.05, 3.63) is 77.5 Å². The zero-order chi connectivity index (χ0) is 19.3. The number of rotatable bonds is 2. The van der Waals surface area contributed by atoms with Crippen molar-refractivity contribution in [3.63, 3.8) is 0 Å². The minimum absolute atomic E-state index is 0.0166. The van der Waals surface area contributed by atoms with Gasteiger partial charge in [-0.15, -0.1) is 0 Å². The van der Waals surface area contributed by atoms with Gasteiger partial charge < -0.3 is 14.4 Å². The van der Waals surface area contributed by atoms with E-state index in [1.807, 2.05) is 30.3 Å². The van der Waals surface area contributed by atoms with Crippen LogP contribution >= 0.6 is 0 Å². The number of benzene rings is 3. The van der Waals surface area contributed by atoms with Crippen LogP contribution in [0.4, 0.5) is 5.69 Å². The lowest BCUT2D eigenvalue weighted by Crippen LogP contribution is -2.37. The minimum atomic E-state index is -0.924. The number of anilines is 1. The van der Waals surface area contributed by atoms with Crippen LogP contribution in [0.1, 0.15) is 24.0 Å². The molecule has 1 spiro atoms. The van der Waals surface area contributed by atoms with E-state index in [4.69, 9.17) is 9.47 Å². The molecule has 2 aliphatic heterocycles. The number of ether oxygens (including phenoxy) is 2. The number of likely N-dealkylation sites (N-methyl/N-ethyl adjacent to an activating group) is 1. The highest BCUT2D eigenvalue weighted by molar-refractivity contribution is 6.07. The van der Waals surface area contributed by atoms with Crippen LogP contribution in [0.2, 0.25) is 0 Å². The molecule has 4 nitrogen and oxygen atoms in total. The summed E-state index contributed by atoms with van der Waals surface area (Å²) >= 11 is 0. The Bertz CT molecular complexity index is 1130.